The Morgan fingerprint density at radius 1 is 1.07 bits per heavy atom. The van der Waals surface area contributed by atoms with Gasteiger partial charge in [-0.25, -0.2) is 0 Å². The highest BCUT2D eigenvalue weighted by atomic mass is 32.2. The molecule has 0 bridgehead atoms. The Morgan fingerprint density at radius 2 is 1.67 bits per heavy atom. The third kappa shape index (κ3) is 5.60. The number of thioether (sulfide) groups is 1. The van der Waals surface area contributed by atoms with E-state index < -0.39 is 5.25 Å². The summed E-state index contributed by atoms with van der Waals surface area (Å²) in [6, 6.07) is 14.4. The molecule has 9 heteroatoms. The highest BCUT2D eigenvalue weighted by Crippen LogP contribution is 2.23. The van der Waals surface area contributed by atoms with Crippen LogP contribution in [0.2, 0.25) is 0 Å². The standard InChI is InChI=1S/C21H22N4O4S/c1-13(14-4-8-16(28-2)9-5-14)24-25-21-23-19(26)12-18(30-21)20(27)22-15-6-10-17(29-3)11-7-15/h4-11,18H,12H2,1-3H3,(H,22,27)(H,23,25,26)/b24-13-/t18-/m0/s1. The number of amides is 2. The van der Waals surface area contributed by atoms with Gasteiger partial charge in [-0.15, -0.1) is 5.10 Å². The van der Waals surface area contributed by atoms with Crippen LogP contribution in [0.25, 0.3) is 0 Å². The summed E-state index contributed by atoms with van der Waals surface area (Å²) in [6.45, 7) is 1.81. The van der Waals surface area contributed by atoms with E-state index in [2.05, 4.69) is 20.8 Å². The number of benzene rings is 2. The molecule has 1 saturated heterocycles. The van der Waals surface area contributed by atoms with Crippen LogP contribution in [-0.4, -0.2) is 42.2 Å². The number of hydrogen-bond acceptors (Lipinski definition) is 7. The van der Waals surface area contributed by atoms with E-state index in [9.17, 15) is 9.59 Å². The number of carbonyl (C=O) groups excluding carboxylic acids is 2. The fourth-order valence-corrected chi connectivity index (χ4v) is 3.58. The third-order valence-electron chi connectivity index (χ3n) is 4.32. The number of methoxy groups -OCH3 is 2. The molecule has 1 aliphatic heterocycles. The lowest BCUT2D eigenvalue weighted by Gasteiger charge is -2.21. The van der Waals surface area contributed by atoms with Gasteiger partial charge < -0.3 is 20.1 Å². The number of nitrogens with zero attached hydrogens (tertiary/aromatic N) is 2. The summed E-state index contributed by atoms with van der Waals surface area (Å²) in [6.07, 6.45) is 0.0624. The molecule has 156 valence electrons. The third-order valence-corrected chi connectivity index (χ3v) is 5.39. The molecule has 0 aliphatic carbocycles. The maximum Gasteiger partial charge on any atom is 0.238 e. The fourth-order valence-electron chi connectivity index (χ4n) is 2.65. The Balaban J connectivity index is 1.67. The Labute approximate surface area is 178 Å². The number of nitrogens with one attached hydrogen (secondary N) is 2. The summed E-state index contributed by atoms with van der Waals surface area (Å²) in [5.74, 6) is 0.890. The van der Waals surface area contributed by atoms with Crippen LogP contribution in [0.1, 0.15) is 18.9 Å². The fraction of sp³-hybridized carbons (Fsp3) is 0.238. The molecule has 2 amide bonds. The van der Waals surface area contributed by atoms with Gasteiger partial charge in [0.1, 0.15) is 16.7 Å². The molecule has 0 spiro atoms. The molecular weight excluding hydrogens is 404 g/mol. The first-order valence-electron chi connectivity index (χ1n) is 9.16. The minimum Gasteiger partial charge on any atom is -0.497 e. The molecule has 0 unspecified atom stereocenters. The second-order valence-electron chi connectivity index (χ2n) is 6.40. The molecule has 30 heavy (non-hydrogen) atoms. The Morgan fingerprint density at radius 3 is 2.27 bits per heavy atom. The normalized spacial score (nSPS) is 18.0. The molecule has 1 heterocycles. The monoisotopic (exact) mass is 426 g/mol. The van der Waals surface area contributed by atoms with Gasteiger partial charge in [0.25, 0.3) is 0 Å². The zero-order chi connectivity index (χ0) is 21.5. The highest BCUT2D eigenvalue weighted by Gasteiger charge is 2.30. The van der Waals surface area contributed by atoms with E-state index in [-0.39, 0.29) is 23.4 Å². The van der Waals surface area contributed by atoms with Gasteiger partial charge in [0, 0.05) is 12.1 Å². The average molecular weight is 426 g/mol. The molecule has 1 aliphatic rings. The maximum absolute atomic E-state index is 12.6. The second kappa shape index (κ2) is 9.93. The van der Waals surface area contributed by atoms with E-state index in [1.807, 2.05) is 31.2 Å². The lowest BCUT2D eigenvalue weighted by Crippen LogP contribution is -2.41. The first-order valence-corrected chi connectivity index (χ1v) is 10.0. The van der Waals surface area contributed by atoms with Gasteiger partial charge in [-0.1, -0.05) is 11.8 Å². The van der Waals surface area contributed by atoms with Crippen molar-refractivity contribution in [1.82, 2.24) is 5.32 Å². The van der Waals surface area contributed by atoms with Crippen LogP contribution < -0.4 is 20.1 Å². The SMILES string of the molecule is COc1ccc(NC(=O)[C@@H]2CC(=O)N/C(=N\N=C(\C)c3ccc(OC)cc3)S2)cc1. The van der Waals surface area contributed by atoms with Crippen LogP contribution >= 0.6 is 11.8 Å². The molecule has 1 atom stereocenters. The van der Waals surface area contributed by atoms with Gasteiger partial charge in [-0.3, -0.25) is 9.59 Å². The van der Waals surface area contributed by atoms with Gasteiger partial charge in [-0.05, 0) is 61.0 Å². The topological polar surface area (TPSA) is 101 Å². The summed E-state index contributed by atoms with van der Waals surface area (Å²) >= 11 is 1.17. The quantitative estimate of drug-likeness (QED) is 0.546. The van der Waals surface area contributed by atoms with Gasteiger partial charge in [-0.2, -0.15) is 5.10 Å². The van der Waals surface area contributed by atoms with Crippen LogP contribution in [-0.2, 0) is 9.59 Å². The van der Waals surface area contributed by atoms with Crippen molar-refractivity contribution in [2.75, 3.05) is 19.5 Å². The molecule has 2 aromatic carbocycles. The van der Waals surface area contributed by atoms with E-state index >= 15 is 0 Å². The van der Waals surface area contributed by atoms with Crippen molar-refractivity contribution < 1.29 is 19.1 Å². The van der Waals surface area contributed by atoms with Crippen molar-refractivity contribution in [1.29, 1.82) is 0 Å². The molecule has 2 N–H and O–H groups in total. The lowest BCUT2D eigenvalue weighted by atomic mass is 10.1. The summed E-state index contributed by atoms with van der Waals surface area (Å²) in [5.41, 5.74) is 2.17. The van der Waals surface area contributed by atoms with Crippen molar-refractivity contribution in [3.05, 3.63) is 54.1 Å². The van der Waals surface area contributed by atoms with Crippen LogP contribution in [0.15, 0.2) is 58.7 Å². The van der Waals surface area contributed by atoms with Crippen LogP contribution in [0.5, 0.6) is 11.5 Å². The lowest BCUT2D eigenvalue weighted by molar-refractivity contribution is -0.123. The van der Waals surface area contributed by atoms with Gasteiger partial charge >= 0.3 is 0 Å². The van der Waals surface area contributed by atoms with E-state index in [1.165, 1.54) is 11.8 Å². The van der Waals surface area contributed by atoms with Crippen LogP contribution in [0.3, 0.4) is 0 Å². The Bertz CT molecular complexity index is 972. The summed E-state index contributed by atoms with van der Waals surface area (Å²) in [4.78, 5) is 24.6. The smallest absolute Gasteiger partial charge is 0.238 e. The number of ether oxygens (including phenoxy) is 2. The average Bonchev–Trinajstić information content (AvgIpc) is 2.77. The van der Waals surface area contributed by atoms with Crippen molar-refractivity contribution in [3.63, 3.8) is 0 Å². The van der Waals surface area contributed by atoms with Crippen molar-refractivity contribution >= 4 is 40.1 Å². The molecule has 8 nitrogen and oxygen atoms in total. The van der Waals surface area contributed by atoms with Crippen LogP contribution in [0, 0.1) is 0 Å². The maximum atomic E-state index is 12.6. The number of rotatable bonds is 6. The number of amidine groups is 1. The van der Waals surface area contributed by atoms with Gasteiger partial charge in [0.15, 0.2) is 5.17 Å². The minimum absolute atomic E-state index is 0.0624. The molecular formula is C21H22N4O4S. The first-order chi connectivity index (χ1) is 14.5. The Hall–Kier alpha value is -3.33. The molecule has 1 fully saturated rings. The first kappa shape index (κ1) is 21.4. The van der Waals surface area contributed by atoms with Gasteiger partial charge in [0.2, 0.25) is 11.8 Å². The minimum atomic E-state index is -0.601. The zero-order valence-electron chi connectivity index (χ0n) is 16.8. The predicted molar refractivity (Wildman–Crippen MR) is 118 cm³/mol. The highest BCUT2D eigenvalue weighted by molar-refractivity contribution is 8.15. The van der Waals surface area contributed by atoms with Crippen LogP contribution in [0.4, 0.5) is 5.69 Å². The van der Waals surface area contributed by atoms with E-state index in [0.29, 0.717) is 17.1 Å². The molecule has 0 saturated carbocycles. The Kier molecular flexibility index (Phi) is 7.08. The van der Waals surface area contributed by atoms with E-state index in [4.69, 9.17) is 9.47 Å². The molecule has 0 aromatic heterocycles. The summed E-state index contributed by atoms with van der Waals surface area (Å²) in [7, 11) is 3.18. The van der Waals surface area contributed by atoms with Crippen molar-refractivity contribution in [2.45, 2.75) is 18.6 Å². The predicted octanol–water partition coefficient (Wildman–Crippen LogP) is 3.04. The summed E-state index contributed by atoms with van der Waals surface area (Å²) in [5, 5.41) is 13.5. The zero-order valence-corrected chi connectivity index (χ0v) is 17.7. The molecule has 2 aromatic rings. The molecule has 0 radical (unpaired) electrons. The van der Waals surface area contributed by atoms with E-state index in [1.54, 1.807) is 38.5 Å². The largest absolute Gasteiger partial charge is 0.497 e. The number of anilines is 1. The van der Waals surface area contributed by atoms with Gasteiger partial charge in [0.05, 0.1) is 19.9 Å². The van der Waals surface area contributed by atoms with E-state index in [0.717, 1.165) is 11.3 Å². The number of carbonyl (C=O) groups is 2. The van der Waals surface area contributed by atoms with Crippen molar-refractivity contribution in [3.8, 4) is 11.5 Å². The number of hydrogen-bond donors (Lipinski definition) is 2. The van der Waals surface area contributed by atoms with Crippen molar-refractivity contribution in [2.24, 2.45) is 10.2 Å². The summed E-state index contributed by atoms with van der Waals surface area (Å²) < 4.78 is 10.2. The second-order valence-corrected chi connectivity index (χ2v) is 7.59. The molecule has 3 rings (SSSR count).